The monoisotopic (exact) mass is 262 g/mol. The normalized spacial score (nSPS) is 10.0. The van der Waals surface area contributed by atoms with Gasteiger partial charge in [0.1, 0.15) is 12.4 Å². The van der Waals surface area contributed by atoms with Gasteiger partial charge in [-0.3, -0.25) is 4.79 Å². The van der Waals surface area contributed by atoms with Gasteiger partial charge in [0.15, 0.2) is 0 Å². The molecule has 0 bridgehead atoms. The summed E-state index contributed by atoms with van der Waals surface area (Å²) in [6.07, 6.45) is 1.71. The highest BCUT2D eigenvalue weighted by Crippen LogP contribution is 2.13. The minimum absolute atomic E-state index is 0.0915. The molecule has 0 unspecified atom stereocenters. The highest BCUT2D eigenvalue weighted by molar-refractivity contribution is 5.77. The Morgan fingerprint density at radius 1 is 1.42 bits per heavy atom. The van der Waals surface area contributed by atoms with Crippen molar-refractivity contribution < 1.29 is 9.53 Å². The molecule has 4 nitrogen and oxygen atoms in total. The summed E-state index contributed by atoms with van der Waals surface area (Å²) in [5, 5.41) is 3.03. The van der Waals surface area contributed by atoms with Crippen LogP contribution in [0, 0.1) is 0 Å². The van der Waals surface area contributed by atoms with Gasteiger partial charge in [-0.2, -0.15) is 0 Å². The molecule has 0 fully saturated rings. The topological polar surface area (TPSA) is 41.6 Å². The molecular weight excluding hydrogens is 240 g/mol. The zero-order valence-corrected chi connectivity index (χ0v) is 11.7. The molecule has 1 aromatic carbocycles. The number of nitrogens with zero attached hydrogens (tertiary/aromatic N) is 1. The first-order valence-corrected chi connectivity index (χ1v) is 6.44. The fourth-order valence-electron chi connectivity index (χ4n) is 1.58. The van der Waals surface area contributed by atoms with Gasteiger partial charge in [0.25, 0.3) is 0 Å². The number of ether oxygens (including phenoxy) is 1. The lowest BCUT2D eigenvalue weighted by molar-refractivity contribution is -0.129. The van der Waals surface area contributed by atoms with Crippen LogP contribution in [0.2, 0.25) is 0 Å². The maximum atomic E-state index is 11.7. The Morgan fingerprint density at radius 3 is 2.68 bits per heavy atom. The number of amides is 1. The van der Waals surface area contributed by atoms with Gasteiger partial charge in [-0.05, 0) is 24.2 Å². The van der Waals surface area contributed by atoms with Crippen molar-refractivity contribution in [1.82, 2.24) is 10.2 Å². The molecule has 19 heavy (non-hydrogen) atoms. The van der Waals surface area contributed by atoms with Gasteiger partial charge < -0.3 is 15.0 Å². The van der Waals surface area contributed by atoms with E-state index in [4.69, 9.17) is 4.74 Å². The Labute approximate surface area is 115 Å². The Bertz CT molecular complexity index is 401. The zero-order valence-electron chi connectivity index (χ0n) is 11.7. The van der Waals surface area contributed by atoms with Gasteiger partial charge in [0, 0.05) is 13.6 Å². The lowest BCUT2D eigenvalue weighted by Gasteiger charge is -2.17. The van der Waals surface area contributed by atoms with Crippen LogP contribution in [0.5, 0.6) is 5.75 Å². The minimum Gasteiger partial charge on any atom is -0.490 e. The summed E-state index contributed by atoms with van der Waals surface area (Å²) < 4.78 is 5.41. The van der Waals surface area contributed by atoms with E-state index in [1.165, 1.54) is 0 Å². The third kappa shape index (κ3) is 5.57. The number of carbonyl (C=O) groups excluding carboxylic acids is 1. The van der Waals surface area contributed by atoms with Crippen molar-refractivity contribution >= 4 is 5.91 Å². The second-order valence-corrected chi connectivity index (χ2v) is 4.27. The van der Waals surface area contributed by atoms with Gasteiger partial charge in [-0.25, -0.2) is 0 Å². The number of hydrogen-bond donors (Lipinski definition) is 1. The Morgan fingerprint density at radius 2 is 2.11 bits per heavy atom. The van der Waals surface area contributed by atoms with Gasteiger partial charge in [-0.15, -0.1) is 0 Å². The summed E-state index contributed by atoms with van der Waals surface area (Å²) in [5.74, 6) is 0.902. The molecule has 1 aromatic rings. The second kappa shape index (κ2) is 8.32. The first kappa shape index (κ1) is 15.2. The van der Waals surface area contributed by atoms with Crippen LogP contribution >= 0.6 is 0 Å². The minimum atomic E-state index is 0.0915. The average Bonchev–Trinajstić information content (AvgIpc) is 2.43. The van der Waals surface area contributed by atoms with Crippen molar-refractivity contribution in [3.05, 3.63) is 42.5 Å². The Hall–Kier alpha value is -1.81. The van der Waals surface area contributed by atoms with E-state index in [1.807, 2.05) is 38.2 Å². The molecule has 0 saturated heterocycles. The van der Waals surface area contributed by atoms with Crippen LogP contribution in [0.1, 0.15) is 12.5 Å². The van der Waals surface area contributed by atoms with E-state index >= 15 is 0 Å². The van der Waals surface area contributed by atoms with Crippen LogP contribution in [0.25, 0.3) is 0 Å². The van der Waals surface area contributed by atoms with E-state index in [9.17, 15) is 4.79 Å². The largest absolute Gasteiger partial charge is 0.490 e. The molecule has 104 valence electrons. The third-order valence-electron chi connectivity index (χ3n) is 2.66. The van der Waals surface area contributed by atoms with Gasteiger partial charge >= 0.3 is 0 Å². The molecule has 0 aromatic heterocycles. The highest BCUT2D eigenvalue weighted by Gasteiger charge is 2.08. The van der Waals surface area contributed by atoms with Crippen molar-refractivity contribution in [3.8, 4) is 5.75 Å². The molecule has 0 atom stereocenters. The number of likely N-dealkylation sites (N-methyl/N-ethyl adjacent to an activating group) is 2. The molecule has 0 aliphatic carbocycles. The van der Waals surface area contributed by atoms with Crippen molar-refractivity contribution in [2.75, 3.05) is 26.7 Å². The first-order valence-electron chi connectivity index (χ1n) is 6.44. The summed E-state index contributed by atoms with van der Waals surface area (Å²) in [4.78, 5) is 13.5. The number of nitrogens with one attached hydrogen (secondary N) is 1. The van der Waals surface area contributed by atoms with E-state index < -0.39 is 0 Å². The van der Waals surface area contributed by atoms with E-state index in [1.54, 1.807) is 11.0 Å². The molecule has 0 aliphatic heterocycles. The van der Waals surface area contributed by atoms with Gasteiger partial charge in [0.2, 0.25) is 5.91 Å². The maximum absolute atomic E-state index is 11.7. The summed E-state index contributed by atoms with van der Waals surface area (Å²) in [6, 6.07) is 7.74. The van der Waals surface area contributed by atoms with E-state index in [2.05, 4.69) is 11.9 Å². The predicted molar refractivity (Wildman–Crippen MR) is 77.2 cm³/mol. The Balaban J connectivity index is 2.47. The van der Waals surface area contributed by atoms with E-state index in [0.717, 1.165) is 17.9 Å². The quantitative estimate of drug-likeness (QED) is 0.727. The number of carbonyl (C=O) groups is 1. The molecule has 0 heterocycles. The third-order valence-corrected chi connectivity index (χ3v) is 2.66. The van der Waals surface area contributed by atoms with E-state index in [0.29, 0.717) is 19.7 Å². The lowest BCUT2D eigenvalue weighted by Crippen LogP contribution is -2.35. The SMILES string of the molecule is C=CCOc1ccc(CN(C)C(=O)CNCC)cc1. The van der Waals surface area contributed by atoms with Crippen LogP contribution in [0.15, 0.2) is 36.9 Å². The first-order chi connectivity index (χ1) is 9.17. The second-order valence-electron chi connectivity index (χ2n) is 4.27. The summed E-state index contributed by atoms with van der Waals surface area (Å²) in [5.41, 5.74) is 1.08. The van der Waals surface area contributed by atoms with Crippen LogP contribution < -0.4 is 10.1 Å². The zero-order chi connectivity index (χ0) is 14.1. The predicted octanol–water partition coefficient (Wildman–Crippen LogP) is 1.82. The average molecular weight is 262 g/mol. The molecule has 0 spiro atoms. The smallest absolute Gasteiger partial charge is 0.236 e. The van der Waals surface area contributed by atoms with Crippen LogP contribution in [-0.2, 0) is 11.3 Å². The fourth-order valence-corrected chi connectivity index (χ4v) is 1.58. The molecule has 0 aliphatic rings. The molecule has 0 saturated carbocycles. The molecule has 1 amide bonds. The molecule has 1 N–H and O–H groups in total. The highest BCUT2D eigenvalue weighted by atomic mass is 16.5. The molecular formula is C15H22N2O2. The standard InChI is InChI=1S/C15H22N2O2/c1-4-10-19-14-8-6-13(7-9-14)12-17(3)15(18)11-16-5-2/h4,6-9,16H,1,5,10-12H2,2-3H3. The molecule has 1 rings (SSSR count). The van der Waals surface area contributed by atoms with Crippen molar-refractivity contribution in [2.45, 2.75) is 13.5 Å². The van der Waals surface area contributed by atoms with Crippen molar-refractivity contribution in [2.24, 2.45) is 0 Å². The van der Waals surface area contributed by atoms with Gasteiger partial charge in [0.05, 0.1) is 6.54 Å². The Kier molecular flexibility index (Phi) is 6.68. The van der Waals surface area contributed by atoms with Crippen LogP contribution in [0.4, 0.5) is 0 Å². The molecule has 4 heteroatoms. The fraction of sp³-hybridized carbons (Fsp3) is 0.400. The van der Waals surface area contributed by atoms with Gasteiger partial charge in [-0.1, -0.05) is 31.7 Å². The molecule has 0 radical (unpaired) electrons. The summed E-state index contributed by atoms with van der Waals surface area (Å²) in [7, 11) is 1.81. The van der Waals surface area contributed by atoms with Crippen molar-refractivity contribution in [3.63, 3.8) is 0 Å². The maximum Gasteiger partial charge on any atom is 0.236 e. The number of hydrogen-bond acceptors (Lipinski definition) is 3. The van der Waals surface area contributed by atoms with Crippen LogP contribution in [-0.4, -0.2) is 37.6 Å². The summed E-state index contributed by atoms with van der Waals surface area (Å²) >= 11 is 0. The van der Waals surface area contributed by atoms with E-state index in [-0.39, 0.29) is 5.91 Å². The number of rotatable bonds is 8. The lowest BCUT2D eigenvalue weighted by atomic mass is 10.2. The van der Waals surface area contributed by atoms with Crippen molar-refractivity contribution in [1.29, 1.82) is 0 Å². The number of benzene rings is 1. The summed E-state index contributed by atoms with van der Waals surface area (Å²) in [6.45, 7) is 7.87. The van der Waals surface area contributed by atoms with Crippen LogP contribution in [0.3, 0.4) is 0 Å².